The molecule has 1 aliphatic rings. The van der Waals surface area contributed by atoms with Crippen LogP contribution in [0.2, 0.25) is 0 Å². The Bertz CT molecular complexity index is 1870. The van der Waals surface area contributed by atoms with E-state index >= 15 is 0 Å². The molecule has 45 heavy (non-hydrogen) atoms. The van der Waals surface area contributed by atoms with E-state index < -0.39 is 10.0 Å². The second kappa shape index (κ2) is 13.7. The summed E-state index contributed by atoms with van der Waals surface area (Å²) >= 11 is 0. The lowest BCUT2D eigenvalue weighted by Crippen LogP contribution is -2.33. The maximum atomic E-state index is 13.6. The van der Waals surface area contributed by atoms with Crippen molar-refractivity contribution in [1.82, 2.24) is 9.88 Å². The Balaban J connectivity index is 1.16. The fraction of sp³-hybridized carbons (Fsp3) is 0.270. The summed E-state index contributed by atoms with van der Waals surface area (Å²) in [4.78, 5) is 19.3. The molecule has 5 aromatic rings. The normalized spacial score (nSPS) is 13.1. The molecule has 0 aliphatic heterocycles. The molecule has 1 aromatic heterocycles. The number of H-pyrrole nitrogens is 1. The molecule has 0 bridgehead atoms. The highest BCUT2D eigenvalue weighted by Crippen LogP contribution is 2.31. The van der Waals surface area contributed by atoms with Crippen molar-refractivity contribution in [2.75, 3.05) is 30.3 Å². The van der Waals surface area contributed by atoms with Crippen molar-refractivity contribution in [2.24, 2.45) is 0 Å². The predicted molar refractivity (Wildman–Crippen MR) is 180 cm³/mol. The van der Waals surface area contributed by atoms with Gasteiger partial charge in [0.25, 0.3) is 0 Å². The van der Waals surface area contributed by atoms with E-state index in [2.05, 4.69) is 22.0 Å². The number of nitrogens with one attached hydrogen (secondary N) is 1. The Morgan fingerprint density at radius 3 is 2.27 bits per heavy atom. The SMILES string of the molecule is CS(=O)(=O)N(Cc1ccccc1)c1cccc(C(=O)CN(CCOc2ccc3c4c([nH]c3c2)CCCC4)Cc2ccccc2)c1. The molecule has 1 N–H and O–H groups in total. The minimum absolute atomic E-state index is 0.0840. The third-order valence-electron chi connectivity index (χ3n) is 8.39. The lowest BCUT2D eigenvalue weighted by atomic mass is 9.96. The second-order valence-electron chi connectivity index (χ2n) is 11.8. The number of anilines is 1. The van der Waals surface area contributed by atoms with Gasteiger partial charge in [0.05, 0.1) is 25.0 Å². The molecular formula is C37H39N3O4S. The first-order valence-corrected chi connectivity index (χ1v) is 17.4. The highest BCUT2D eigenvalue weighted by atomic mass is 32.2. The van der Waals surface area contributed by atoms with Gasteiger partial charge in [-0.2, -0.15) is 0 Å². The average molecular weight is 622 g/mol. The van der Waals surface area contributed by atoms with Gasteiger partial charge < -0.3 is 9.72 Å². The van der Waals surface area contributed by atoms with E-state index in [1.165, 1.54) is 40.0 Å². The zero-order chi connectivity index (χ0) is 31.2. The molecule has 7 nitrogen and oxygen atoms in total. The van der Waals surface area contributed by atoms with Gasteiger partial charge in [-0.15, -0.1) is 0 Å². The van der Waals surface area contributed by atoms with Gasteiger partial charge in [-0.3, -0.25) is 14.0 Å². The van der Waals surface area contributed by atoms with Gasteiger partial charge in [0.15, 0.2) is 5.78 Å². The molecule has 0 unspecified atom stereocenters. The van der Waals surface area contributed by atoms with Crippen molar-refractivity contribution in [2.45, 2.75) is 38.8 Å². The smallest absolute Gasteiger partial charge is 0.232 e. The molecule has 1 aliphatic carbocycles. The second-order valence-corrected chi connectivity index (χ2v) is 13.7. The number of Topliss-reactive ketones (excluding diaryl/α,β-unsaturated/α-hetero) is 1. The van der Waals surface area contributed by atoms with Gasteiger partial charge in [0, 0.05) is 41.3 Å². The van der Waals surface area contributed by atoms with Gasteiger partial charge in [-0.25, -0.2) is 8.42 Å². The fourth-order valence-corrected chi connectivity index (χ4v) is 6.99. The molecule has 1 heterocycles. The number of sulfonamides is 1. The Kier molecular flexibility index (Phi) is 9.33. The van der Waals surface area contributed by atoms with Gasteiger partial charge in [0.1, 0.15) is 12.4 Å². The lowest BCUT2D eigenvalue weighted by molar-refractivity contribution is 0.0912. The molecule has 0 radical (unpaired) electrons. The Labute approximate surface area is 265 Å². The fourth-order valence-electron chi connectivity index (χ4n) is 6.11. The number of aromatic nitrogens is 1. The van der Waals surface area contributed by atoms with E-state index in [4.69, 9.17) is 4.74 Å². The summed E-state index contributed by atoms with van der Waals surface area (Å²) in [6.07, 6.45) is 5.88. The quantitative estimate of drug-likeness (QED) is 0.147. The van der Waals surface area contributed by atoms with Crippen LogP contribution in [0.15, 0.2) is 103 Å². The highest BCUT2D eigenvalue weighted by molar-refractivity contribution is 7.92. The zero-order valence-corrected chi connectivity index (χ0v) is 26.4. The number of aromatic amines is 1. The topological polar surface area (TPSA) is 82.7 Å². The number of aryl methyl sites for hydroxylation is 2. The Morgan fingerprint density at radius 2 is 1.53 bits per heavy atom. The highest BCUT2D eigenvalue weighted by Gasteiger charge is 2.21. The largest absolute Gasteiger partial charge is 0.492 e. The minimum Gasteiger partial charge on any atom is -0.492 e. The van der Waals surface area contributed by atoms with Crippen LogP contribution < -0.4 is 9.04 Å². The molecule has 0 fully saturated rings. The minimum atomic E-state index is -3.58. The van der Waals surface area contributed by atoms with Crippen molar-refractivity contribution >= 4 is 32.4 Å². The van der Waals surface area contributed by atoms with Crippen LogP contribution in [0.3, 0.4) is 0 Å². The first kappa shape index (κ1) is 30.6. The van der Waals surface area contributed by atoms with Crippen molar-refractivity contribution in [3.63, 3.8) is 0 Å². The molecule has 6 rings (SSSR count). The predicted octanol–water partition coefficient (Wildman–Crippen LogP) is 6.78. The third kappa shape index (κ3) is 7.64. The summed E-state index contributed by atoms with van der Waals surface area (Å²) in [5, 5.41) is 1.29. The Hall–Kier alpha value is -4.40. The number of fused-ring (bicyclic) bond motifs is 3. The van der Waals surface area contributed by atoms with Crippen molar-refractivity contribution < 1.29 is 17.9 Å². The maximum Gasteiger partial charge on any atom is 0.232 e. The third-order valence-corrected chi connectivity index (χ3v) is 9.53. The van der Waals surface area contributed by atoms with Gasteiger partial charge in [-0.1, -0.05) is 72.8 Å². The molecule has 0 spiro atoms. The van der Waals surface area contributed by atoms with Gasteiger partial charge in [-0.05, 0) is 66.6 Å². The van der Waals surface area contributed by atoms with Crippen LogP contribution in [0.4, 0.5) is 5.69 Å². The van der Waals surface area contributed by atoms with Crippen LogP contribution in [0, 0.1) is 0 Å². The van der Waals surface area contributed by atoms with Crippen LogP contribution in [-0.2, 0) is 36.0 Å². The molecule has 0 saturated heterocycles. The summed E-state index contributed by atoms with van der Waals surface area (Å²) < 4.78 is 33.1. The summed E-state index contributed by atoms with van der Waals surface area (Å²) in [6, 6.07) is 32.7. The van der Waals surface area contributed by atoms with Gasteiger partial charge in [0.2, 0.25) is 10.0 Å². The maximum absolute atomic E-state index is 13.6. The summed E-state index contributed by atoms with van der Waals surface area (Å²) in [6.45, 7) is 1.91. The number of ether oxygens (including phenoxy) is 1. The molecular weight excluding hydrogens is 582 g/mol. The molecule has 0 atom stereocenters. The molecule has 4 aromatic carbocycles. The molecule has 232 valence electrons. The van der Waals surface area contributed by atoms with E-state index in [0.717, 1.165) is 35.2 Å². The van der Waals surface area contributed by atoms with Crippen molar-refractivity contribution in [3.05, 3.63) is 131 Å². The van der Waals surface area contributed by atoms with Gasteiger partial charge >= 0.3 is 0 Å². The first-order valence-electron chi connectivity index (χ1n) is 15.5. The van der Waals surface area contributed by atoms with Crippen molar-refractivity contribution in [1.29, 1.82) is 0 Å². The molecule has 8 heteroatoms. The van der Waals surface area contributed by atoms with E-state index in [-0.39, 0.29) is 18.9 Å². The molecule has 0 saturated carbocycles. The zero-order valence-electron chi connectivity index (χ0n) is 25.6. The number of hydrogen-bond acceptors (Lipinski definition) is 5. The van der Waals surface area contributed by atoms with Crippen LogP contribution in [-0.4, -0.2) is 50.0 Å². The lowest BCUT2D eigenvalue weighted by Gasteiger charge is -2.24. The number of carbonyl (C=O) groups is 1. The first-order chi connectivity index (χ1) is 21.8. The molecule has 0 amide bonds. The van der Waals surface area contributed by atoms with E-state index in [0.29, 0.717) is 30.9 Å². The number of nitrogens with zero attached hydrogens (tertiary/aromatic N) is 2. The van der Waals surface area contributed by atoms with Crippen LogP contribution in [0.25, 0.3) is 10.9 Å². The Morgan fingerprint density at radius 1 is 0.822 bits per heavy atom. The summed E-state index contributed by atoms with van der Waals surface area (Å²) in [5.74, 6) is 0.721. The van der Waals surface area contributed by atoms with Crippen LogP contribution in [0.5, 0.6) is 5.75 Å². The van der Waals surface area contributed by atoms with E-state index in [1.54, 1.807) is 24.3 Å². The standard InChI is InChI=1S/C37H39N3O4S/c1-45(42,43)40(26-29-13-6-3-7-14-29)31-16-10-15-30(23-31)37(41)27-39(25-28-11-4-2-5-12-28)21-22-44-32-19-20-34-33-17-8-9-18-35(33)38-36(34)24-32/h2-7,10-16,19-20,23-24,38H,8-9,17-18,21-22,25-27H2,1H3. The number of ketones is 1. The number of hydrogen-bond donors (Lipinski definition) is 1. The number of rotatable bonds is 13. The van der Waals surface area contributed by atoms with E-state index in [1.807, 2.05) is 66.7 Å². The monoisotopic (exact) mass is 621 g/mol. The van der Waals surface area contributed by atoms with Crippen molar-refractivity contribution in [3.8, 4) is 5.75 Å². The number of benzene rings is 4. The van der Waals surface area contributed by atoms with E-state index in [9.17, 15) is 13.2 Å². The summed E-state index contributed by atoms with van der Waals surface area (Å²) in [5.41, 5.74) is 6.81. The number of carbonyl (C=O) groups excluding carboxylic acids is 1. The summed E-state index contributed by atoms with van der Waals surface area (Å²) in [7, 11) is -3.58. The average Bonchev–Trinajstić information content (AvgIpc) is 3.42. The van der Waals surface area contributed by atoms with Crippen LogP contribution >= 0.6 is 0 Å². The van der Waals surface area contributed by atoms with Crippen LogP contribution in [0.1, 0.15) is 45.6 Å².